The van der Waals surface area contributed by atoms with Gasteiger partial charge in [-0.1, -0.05) is 15.9 Å². The number of nitrogens with two attached hydrogens (primary N) is 1. The maximum Gasteiger partial charge on any atom is 0.0718 e. The van der Waals surface area contributed by atoms with Crippen LogP contribution in [0.15, 0.2) is 22.7 Å². The molecule has 0 heterocycles. The summed E-state index contributed by atoms with van der Waals surface area (Å²) in [5.41, 5.74) is 6.98. The number of benzene rings is 1. The molecule has 0 aliphatic rings. The van der Waals surface area contributed by atoms with Gasteiger partial charge < -0.3 is 10.8 Å². The van der Waals surface area contributed by atoms with Crippen LogP contribution in [0.1, 0.15) is 19.4 Å². The lowest BCUT2D eigenvalue weighted by molar-refractivity contribution is 0.0425. The van der Waals surface area contributed by atoms with E-state index < -0.39 is 5.60 Å². The lowest BCUT2D eigenvalue weighted by atomic mass is 10.1. The number of hydrogen-bond donors (Lipinski definition) is 2. The average Bonchev–Trinajstić information content (AvgIpc) is 1.96. The predicted molar refractivity (Wildman–Crippen MR) is 71.2 cm³/mol. The second-order valence-corrected chi connectivity index (χ2v) is 5.79. The highest BCUT2D eigenvalue weighted by Crippen LogP contribution is 2.18. The number of nitrogen functional groups attached to an aromatic ring is 1. The first kappa shape index (κ1) is 13.5. The van der Waals surface area contributed by atoms with Crippen molar-refractivity contribution >= 4 is 21.6 Å². The second kappa shape index (κ2) is 5.17. The first-order chi connectivity index (χ1) is 7.26. The molecule has 3 nitrogen and oxygen atoms in total. The Morgan fingerprint density at radius 1 is 1.38 bits per heavy atom. The first-order valence-corrected chi connectivity index (χ1v) is 6.01. The van der Waals surface area contributed by atoms with Crippen LogP contribution in [-0.2, 0) is 6.54 Å². The van der Waals surface area contributed by atoms with E-state index in [2.05, 4.69) is 20.8 Å². The Labute approximate surface area is 105 Å². The van der Waals surface area contributed by atoms with Crippen LogP contribution < -0.4 is 5.73 Å². The quantitative estimate of drug-likeness (QED) is 0.835. The van der Waals surface area contributed by atoms with Crippen LogP contribution in [0.2, 0.25) is 0 Å². The van der Waals surface area contributed by atoms with Crippen molar-refractivity contribution in [3.05, 3.63) is 28.2 Å². The molecule has 16 heavy (non-hydrogen) atoms. The molecule has 0 aliphatic heterocycles. The van der Waals surface area contributed by atoms with E-state index in [4.69, 9.17) is 5.73 Å². The van der Waals surface area contributed by atoms with Gasteiger partial charge in [-0.25, -0.2) is 0 Å². The summed E-state index contributed by atoms with van der Waals surface area (Å²) in [7, 11) is 1.98. The third-order valence-corrected chi connectivity index (χ3v) is 2.55. The molecule has 4 heteroatoms. The van der Waals surface area contributed by atoms with Crippen molar-refractivity contribution in [2.45, 2.75) is 26.0 Å². The van der Waals surface area contributed by atoms with Gasteiger partial charge in [0, 0.05) is 23.2 Å². The normalized spacial score (nSPS) is 12.1. The van der Waals surface area contributed by atoms with Crippen LogP contribution in [0.4, 0.5) is 5.69 Å². The molecular weight excluding hydrogens is 268 g/mol. The molecule has 0 atom stereocenters. The van der Waals surface area contributed by atoms with E-state index in [1.165, 1.54) is 0 Å². The largest absolute Gasteiger partial charge is 0.399 e. The molecule has 0 amide bonds. The van der Waals surface area contributed by atoms with E-state index in [1.54, 1.807) is 13.8 Å². The molecule has 0 aromatic heterocycles. The third kappa shape index (κ3) is 4.96. The topological polar surface area (TPSA) is 49.5 Å². The Morgan fingerprint density at radius 2 is 2.00 bits per heavy atom. The number of nitrogens with zero attached hydrogens (tertiary/aromatic N) is 1. The molecule has 0 unspecified atom stereocenters. The average molecular weight is 287 g/mol. The molecule has 0 saturated heterocycles. The number of aliphatic hydroxyl groups is 1. The number of rotatable bonds is 4. The van der Waals surface area contributed by atoms with E-state index in [0.29, 0.717) is 6.54 Å². The third-order valence-electron chi connectivity index (χ3n) is 2.09. The second-order valence-electron chi connectivity index (χ2n) is 4.88. The van der Waals surface area contributed by atoms with Gasteiger partial charge in [0.15, 0.2) is 0 Å². The molecule has 0 fully saturated rings. The number of hydrogen-bond acceptors (Lipinski definition) is 3. The summed E-state index contributed by atoms with van der Waals surface area (Å²) in [4.78, 5) is 2.07. The Morgan fingerprint density at radius 3 is 2.50 bits per heavy atom. The van der Waals surface area contributed by atoms with E-state index in [1.807, 2.05) is 25.2 Å². The molecule has 0 bridgehead atoms. The highest BCUT2D eigenvalue weighted by molar-refractivity contribution is 9.10. The van der Waals surface area contributed by atoms with Crippen molar-refractivity contribution < 1.29 is 5.11 Å². The zero-order chi connectivity index (χ0) is 12.3. The molecule has 0 saturated carbocycles. The lowest BCUT2D eigenvalue weighted by Gasteiger charge is -2.25. The number of likely N-dealkylation sites (N-methyl/N-ethyl adjacent to an activating group) is 1. The maximum absolute atomic E-state index is 9.70. The first-order valence-electron chi connectivity index (χ1n) is 5.22. The summed E-state index contributed by atoms with van der Waals surface area (Å²) in [6.45, 7) is 5.00. The molecule has 1 rings (SSSR count). The highest BCUT2D eigenvalue weighted by Gasteiger charge is 2.15. The fourth-order valence-corrected chi connectivity index (χ4v) is 2.35. The molecule has 90 valence electrons. The molecule has 0 radical (unpaired) electrons. The monoisotopic (exact) mass is 286 g/mol. The van der Waals surface area contributed by atoms with Crippen molar-refractivity contribution in [1.82, 2.24) is 4.90 Å². The van der Waals surface area contributed by atoms with Gasteiger partial charge in [0.25, 0.3) is 0 Å². The van der Waals surface area contributed by atoms with Crippen molar-refractivity contribution in [3.63, 3.8) is 0 Å². The molecular formula is C12H19BrN2O. The summed E-state index contributed by atoms with van der Waals surface area (Å²) in [5.74, 6) is 0. The Kier molecular flexibility index (Phi) is 4.35. The fraction of sp³-hybridized carbons (Fsp3) is 0.500. The molecule has 1 aromatic carbocycles. The summed E-state index contributed by atoms with van der Waals surface area (Å²) in [6.07, 6.45) is 0. The molecule has 0 spiro atoms. The van der Waals surface area contributed by atoms with E-state index in [-0.39, 0.29) is 0 Å². The smallest absolute Gasteiger partial charge is 0.0718 e. The Bertz CT molecular complexity index is 340. The molecule has 0 aliphatic carbocycles. The highest BCUT2D eigenvalue weighted by atomic mass is 79.9. The van der Waals surface area contributed by atoms with E-state index in [0.717, 1.165) is 22.3 Å². The van der Waals surface area contributed by atoms with Crippen LogP contribution in [-0.4, -0.2) is 29.2 Å². The van der Waals surface area contributed by atoms with Gasteiger partial charge in [-0.3, -0.25) is 4.90 Å². The van der Waals surface area contributed by atoms with Crippen molar-refractivity contribution in [1.29, 1.82) is 0 Å². The van der Waals surface area contributed by atoms with E-state index >= 15 is 0 Å². The van der Waals surface area contributed by atoms with Crippen LogP contribution in [0.5, 0.6) is 0 Å². The van der Waals surface area contributed by atoms with Crippen LogP contribution >= 0.6 is 15.9 Å². The molecule has 3 N–H and O–H groups in total. The summed E-state index contributed by atoms with van der Waals surface area (Å²) in [5, 5.41) is 9.70. The fourth-order valence-electron chi connectivity index (χ4n) is 1.79. The van der Waals surface area contributed by atoms with Crippen LogP contribution in [0.25, 0.3) is 0 Å². The van der Waals surface area contributed by atoms with Crippen molar-refractivity contribution in [3.8, 4) is 0 Å². The zero-order valence-corrected chi connectivity index (χ0v) is 11.6. The summed E-state index contributed by atoms with van der Waals surface area (Å²) in [6, 6.07) is 5.86. The maximum atomic E-state index is 9.70. The van der Waals surface area contributed by atoms with Gasteiger partial charge in [-0.2, -0.15) is 0 Å². The Hall–Kier alpha value is -0.580. The van der Waals surface area contributed by atoms with Gasteiger partial charge in [-0.15, -0.1) is 0 Å². The lowest BCUT2D eigenvalue weighted by Crippen LogP contribution is -2.35. The van der Waals surface area contributed by atoms with Gasteiger partial charge in [0.1, 0.15) is 0 Å². The minimum absolute atomic E-state index is 0.624. The van der Waals surface area contributed by atoms with Crippen LogP contribution in [0, 0.1) is 0 Å². The minimum Gasteiger partial charge on any atom is -0.399 e. The number of halogens is 1. The Balaban J connectivity index is 2.66. The SMILES string of the molecule is CN(Cc1cc(N)cc(Br)c1)CC(C)(C)O. The number of anilines is 1. The standard InChI is InChI=1S/C12H19BrN2O/c1-12(2,16)8-15(3)7-9-4-10(13)6-11(14)5-9/h4-6,16H,7-8,14H2,1-3H3. The van der Waals surface area contributed by atoms with Gasteiger partial charge >= 0.3 is 0 Å². The van der Waals surface area contributed by atoms with E-state index in [9.17, 15) is 5.11 Å². The van der Waals surface area contributed by atoms with Gasteiger partial charge in [0.05, 0.1) is 5.60 Å². The van der Waals surface area contributed by atoms with Crippen molar-refractivity contribution in [2.24, 2.45) is 0 Å². The summed E-state index contributed by atoms with van der Waals surface area (Å²) < 4.78 is 0.985. The minimum atomic E-state index is -0.674. The van der Waals surface area contributed by atoms with Crippen LogP contribution in [0.3, 0.4) is 0 Å². The zero-order valence-electron chi connectivity index (χ0n) is 10.00. The predicted octanol–water partition coefficient (Wildman–Crippen LogP) is 2.23. The van der Waals surface area contributed by atoms with Gasteiger partial charge in [-0.05, 0) is 44.7 Å². The molecule has 1 aromatic rings. The van der Waals surface area contributed by atoms with Gasteiger partial charge in [0.2, 0.25) is 0 Å². The van der Waals surface area contributed by atoms with Crippen molar-refractivity contribution in [2.75, 3.05) is 19.3 Å². The summed E-state index contributed by atoms with van der Waals surface area (Å²) >= 11 is 3.42.